The lowest BCUT2D eigenvalue weighted by molar-refractivity contribution is -0.117. The molecule has 1 aliphatic rings. The second-order valence-corrected chi connectivity index (χ2v) is 13.4. The highest BCUT2D eigenvalue weighted by Crippen LogP contribution is 2.23. The van der Waals surface area contributed by atoms with Crippen LogP contribution in [-0.2, 0) is 20.4 Å². The number of amides is 2. The number of nitrogens with zero attached hydrogens (tertiary/aromatic N) is 2. The molecule has 2 N–H and O–H groups in total. The quantitative estimate of drug-likeness (QED) is 0.255. The van der Waals surface area contributed by atoms with E-state index in [4.69, 9.17) is 0 Å². The van der Waals surface area contributed by atoms with Crippen molar-refractivity contribution in [3.63, 3.8) is 0 Å². The maximum absolute atomic E-state index is 12.2. The third-order valence-corrected chi connectivity index (χ3v) is 7.77. The van der Waals surface area contributed by atoms with Gasteiger partial charge >= 0.3 is 0 Å². The molecule has 6 nitrogen and oxygen atoms in total. The van der Waals surface area contributed by atoms with Crippen molar-refractivity contribution in [1.82, 2.24) is 20.4 Å². The molecule has 3 rings (SSSR count). The Bertz CT molecular complexity index is 1080. The van der Waals surface area contributed by atoms with E-state index in [-0.39, 0.29) is 22.6 Å². The predicted octanol–water partition coefficient (Wildman–Crippen LogP) is 5.64. The fraction of sp³-hybridized carbons (Fsp3) is 0.500. The normalized spacial score (nSPS) is 15.4. The van der Waals surface area contributed by atoms with Crippen molar-refractivity contribution in [3.05, 3.63) is 82.9 Å². The molecule has 1 saturated heterocycles. The number of benzene rings is 2. The zero-order chi connectivity index (χ0) is 30.6. The molecule has 0 radical (unpaired) electrons. The van der Waals surface area contributed by atoms with Crippen LogP contribution in [0.4, 0.5) is 0 Å². The molecule has 0 aliphatic carbocycles. The Morgan fingerprint density at radius 2 is 0.952 bits per heavy atom. The maximum atomic E-state index is 12.2. The van der Waals surface area contributed by atoms with E-state index in [1.807, 2.05) is 12.2 Å². The number of carbonyl (C=O) groups excluding carboxylic acids is 2. The second-order valence-electron chi connectivity index (χ2n) is 13.4. The smallest absolute Gasteiger partial charge is 0.243 e. The minimum atomic E-state index is -0.0444. The molecule has 2 amide bonds. The van der Waals surface area contributed by atoms with Crippen molar-refractivity contribution in [2.45, 2.75) is 65.2 Å². The summed E-state index contributed by atoms with van der Waals surface area (Å²) in [7, 11) is 0. The van der Waals surface area contributed by atoms with Gasteiger partial charge in [0.1, 0.15) is 0 Å². The lowest BCUT2D eigenvalue weighted by Gasteiger charge is -2.34. The Hall–Kier alpha value is -3.22. The zero-order valence-corrected chi connectivity index (χ0v) is 26.7. The van der Waals surface area contributed by atoms with Crippen molar-refractivity contribution < 1.29 is 9.59 Å². The fourth-order valence-corrected chi connectivity index (χ4v) is 4.92. The number of nitrogens with one attached hydrogen (secondary N) is 2. The molecule has 6 heteroatoms. The van der Waals surface area contributed by atoms with Crippen molar-refractivity contribution in [2.24, 2.45) is 0 Å². The van der Waals surface area contributed by atoms with Gasteiger partial charge in [0.05, 0.1) is 0 Å². The summed E-state index contributed by atoms with van der Waals surface area (Å²) < 4.78 is 0. The average molecular weight is 573 g/mol. The van der Waals surface area contributed by atoms with Crippen molar-refractivity contribution in [3.8, 4) is 0 Å². The molecule has 0 atom stereocenters. The molecule has 2 aromatic carbocycles. The van der Waals surface area contributed by atoms with E-state index in [9.17, 15) is 9.59 Å². The molecule has 228 valence electrons. The summed E-state index contributed by atoms with van der Waals surface area (Å²) in [5.74, 6) is -0.0888. The fourth-order valence-electron chi connectivity index (χ4n) is 4.92. The minimum Gasteiger partial charge on any atom is -0.353 e. The molecule has 0 saturated carbocycles. The highest BCUT2D eigenvalue weighted by Gasteiger charge is 2.16. The van der Waals surface area contributed by atoms with E-state index in [1.54, 1.807) is 12.2 Å². The molecule has 1 heterocycles. The van der Waals surface area contributed by atoms with Crippen molar-refractivity contribution in [1.29, 1.82) is 0 Å². The molecule has 0 aromatic heterocycles. The molecule has 0 spiro atoms. The van der Waals surface area contributed by atoms with Gasteiger partial charge in [-0.1, -0.05) is 90.1 Å². The van der Waals surface area contributed by atoms with E-state index in [0.717, 1.165) is 63.2 Å². The first-order valence-electron chi connectivity index (χ1n) is 15.5. The number of carbonyl (C=O) groups is 2. The van der Waals surface area contributed by atoms with Crippen LogP contribution in [-0.4, -0.2) is 74.0 Å². The number of hydrogen-bond donors (Lipinski definition) is 2. The van der Waals surface area contributed by atoms with E-state index in [1.165, 1.54) is 11.1 Å². The predicted molar refractivity (Wildman–Crippen MR) is 176 cm³/mol. The second kappa shape index (κ2) is 15.9. The zero-order valence-electron chi connectivity index (χ0n) is 26.7. The lowest BCUT2D eigenvalue weighted by Crippen LogP contribution is -2.47. The summed E-state index contributed by atoms with van der Waals surface area (Å²) in [4.78, 5) is 29.3. The highest BCUT2D eigenvalue weighted by molar-refractivity contribution is 5.92. The van der Waals surface area contributed by atoms with Crippen LogP contribution >= 0.6 is 0 Å². The molecular weight excluding hydrogens is 520 g/mol. The van der Waals surface area contributed by atoms with Crippen LogP contribution < -0.4 is 10.6 Å². The van der Waals surface area contributed by atoms with E-state index in [0.29, 0.717) is 13.1 Å². The van der Waals surface area contributed by atoms with Gasteiger partial charge in [-0.3, -0.25) is 9.59 Å². The first-order valence-corrected chi connectivity index (χ1v) is 15.5. The minimum absolute atomic E-state index is 0.0444. The van der Waals surface area contributed by atoms with E-state index >= 15 is 0 Å². The maximum Gasteiger partial charge on any atom is 0.243 e. The van der Waals surface area contributed by atoms with Crippen molar-refractivity contribution >= 4 is 24.0 Å². The molecule has 1 aliphatic heterocycles. The van der Waals surface area contributed by atoms with E-state index in [2.05, 4.69) is 111 Å². The summed E-state index contributed by atoms with van der Waals surface area (Å²) in [6.07, 6.45) is 8.87. The molecule has 0 bridgehead atoms. The first kappa shape index (κ1) is 33.3. The summed E-state index contributed by atoms with van der Waals surface area (Å²) in [5, 5.41) is 6.01. The van der Waals surface area contributed by atoms with E-state index < -0.39 is 0 Å². The molecule has 1 fully saturated rings. The van der Waals surface area contributed by atoms with Crippen LogP contribution in [0, 0.1) is 0 Å². The van der Waals surface area contributed by atoms with Gasteiger partial charge in [0.2, 0.25) is 11.8 Å². The van der Waals surface area contributed by atoms with Crippen LogP contribution in [0.2, 0.25) is 0 Å². The van der Waals surface area contributed by atoms with Gasteiger partial charge in [0.25, 0.3) is 0 Å². The number of rotatable bonds is 12. The standard InChI is InChI=1S/C36H52N4O2/c1-35(2,3)31-15-9-29(10-16-31)13-19-33(41)37-21-7-23-39-25-27-40(28-26-39)24-8-22-38-34(42)20-14-30-11-17-32(18-12-30)36(4,5)6/h9-20H,7-8,21-28H2,1-6H3,(H,37,41)(H,38,42)/b19-13-,20-14+. The molecular formula is C36H52N4O2. The Kier molecular flexibility index (Phi) is 12.6. The Labute approximate surface area is 254 Å². The van der Waals surface area contributed by atoms with Gasteiger partial charge in [-0.25, -0.2) is 0 Å². The Morgan fingerprint density at radius 3 is 1.26 bits per heavy atom. The van der Waals surface area contributed by atoms with Gasteiger partial charge in [-0.05, 0) is 71.2 Å². The summed E-state index contributed by atoms with van der Waals surface area (Å²) >= 11 is 0. The van der Waals surface area contributed by atoms with Crippen LogP contribution in [0.5, 0.6) is 0 Å². The number of piperazine rings is 1. The van der Waals surface area contributed by atoms with Crippen LogP contribution in [0.3, 0.4) is 0 Å². The average Bonchev–Trinajstić information content (AvgIpc) is 2.95. The summed E-state index contributed by atoms with van der Waals surface area (Å²) in [6, 6.07) is 16.8. The van der Waals surface area contributed by atoms with Crippen LogP contribution in [0.25, 0.3) is 12.2 Å². The summed E-state index contributed by atoms with van der Waals surface area (Å²) in [5.41, 5.74) is 4.90. The first-order chi connectivity index (χ1) is 19.9. The molecule has 42 heavy (non-hydrogen) atoms. The van der Waals surface area contributed by atoms with Crippen molar-refractivity contribution in [2.75, 3.05) is 52.4 Å². The highest BCUT2D eigenvalue weighted by atomic mass is 16.2. The Balaban J connectivity index is 1.22. The van der Waals surface area contributed by atoms with Gasteiger partial charge in [0, 0.05) is 51.4 Å². The summed E-state index contributed by atoms with van der Waals surface area (Å²) in [6.45, 7) is 20.7. The topological polar surface area (TPSA) is 64.7 Å². The monoisotopic (exact) mass is 572 g/mol. The number of hydrogen-bond acceptors (Lipinski definition) is 4. The SMILES string of the molecule is CC(C)(C)c1ccc(/C=C\C(=O)NCCCN2CCN(CCCNC(=O)/C=C/c3ccc(C(C)(C)C)cc3)CC2)cc1. The van der Waals surface area contributed by atoms with Gasteiger partial charge in [-0.2, -0.15) is 0 Å². The Morgan fingerprint density at radius 1 is 0.619 bits per heavy atom. The van der Waals surface area contributed by atoms with Crippen LogP contribution in [0.1, 0.15) is 76.6 Å². The molecule has 0 unspecified atom stereocenters. The van der Waals surface area contributed by atoms with Gasteiger partial charge in [-0.15, -0.1) is 0 Å². The van der Waals surface area contributed by atoms with Gasteiger partial charge < -0.3 is 20.4 Å². The third-order valence-electron chi connectivity index (χ3n) is 7.77. The largest absolute Gasteiger partial charge is 0.353 e. The van der Waals surface area contributed by atoms with Gasteiger partial charge in [0.15, 0.2) is 0 Å². The third kappa shape index (κ3) is 11.9. The van der Waals surface area contributed by atoms with Crippen LogP contribution in [0.15, 0.2) is 60.7 Å². The lowest BCUT2D eigenvalue weighted by atomic mass is 9.87. The molecule has 2 aromatic rings.